The zero-order valence-corrected chi connectivity index (χ0v) is 13.7. The summed E-state index contributed by atoms with van der Waals surface area (Å²) in [5.74, 6) is -1.01. The maximum atomic E-state index is 12.0. The van der Waals surface area contributed by atoms with Crippen LogP contribution in [0.15, 0.2) is 29.2 Å². The third-order valence-electron chi connectivity index (χ3n) is 3.22. The second-order valence-corrected chi connectivity index (χ2v) is 7.69. The SMILES string of the molecule is CC(C)NC(C)(C(=O)O)c1ccc(S(=O)(=O)N(C)C)cc1. The van der Waals surface area contributed by atoms with Crippen molar-refractivity contribution >= 4 is 16.0 Å². The van der Waals surface area contributed by atoms with Crippen molar-refractivity contribution in [2.75, 3.05) is 14.1 Å². The number of hydrogen-bond donors (Lipinski definition) is 2. The van der Waals surface area contributed by atoms with Gasteiger partial charge in [0.05, 0.1) is 4.90 Å². The van der Waals surface area contributed by atoms with Gasteiger partial charge in [-0.2, -0.15) is 0 Å². The Labute approximate surface area is 125 Å². The molecule has 1 unspecified atom stereocenters. The van der Waals surface area contributed by atoms with Crippen LogP contribution in [0, 0.1) is 0 Å². The number of carboxylic acid groups (broad SMARTS) is 1. The van der Waals surface area contributed by atoms with Crippen LogP contribution in [0.2, 0.25) is 0 Å². The van der Waals surface area contributed by atoms with Crippen molar-refractivity contribution in [3.05, 3.63) is 29.8 Å². The van der Waals surface area contributed by atoms with Crippen molar-refractivity contribution in [1.29, 1.82) is 0 Å². The lowest BCUT2D eigenvalue weighted by molar-refractivity contribution is -0.144. The molecule has 0 heterocycles. The monoisotopic (exact) mass is 314 g/mol. The highest BCUT2D eigenvalue weighted by atomic mass is 32.2. The fourth-order valence-corrected chi connectivity index (χ4v) is 2.92. The predicted octanol–water partition coefficient (Wildman–Crippen LogP) is 1.23. The summed E-state index contributed by atoms with van der Waals surface area (Å²) in [6, 6.07) is 5.87. The number of nitrogens with one attached hydrogen (secondary N) is 1. The van der Waals surface area contributed by atoms with E-state index in [0.29, 0.717) is 5.56 Å². The second kappa shape index (κ2) is 6.13. The molecule has 6 nitrogen and oxygen atoms in total. The molecule has 21 heavy (non-hydrogen) atoms. The van der Waals surface area contributed by atoms with Crippen LogP contribution >= 0.6 is 0 Å². The van der Waals surface area contributed by atoms with Crippen molar-refractivity contribution in [2.45, 2.75) is 37.2 Å². The first kappa shape index (κ1) is 17.6. The molecule has 1 atom stereocenters. The van der Waals surface area contributed by atoms with Gasteiger partial charge in [-0.3, -0.25) is 5.32 Å². The highest BCUT2D eigenvalue weighted by Gasteiger charge is 2.35. The van der Waals surface area contributed by atoms with Gasteiger partial charge in [0.25, 0.3) is 0 Å². The fourth-order valence-electron chi connectivity index (χ4n) is 2.02. The molecule has 0 aliphatic rings. The van der Waals surface area contributed by atoms with Crippen molar-refractivity contribution in [3.63, 3.8) is 0 Å². The van der Waals surface area contributed by atoms with Gasteiger partial charge in [-0.25, -0.2) is 17.5 Å². The smallest absolute Gasteiger partial charge is 0.328 e. The van der Waals surface area contributed by atoms with Crippen molar-refractivity contribution in [1.82, 2.24) is 9.62 Å². The van der Waals surface area contributed by atoms with Gasteiger partial charge in [0.15, 0.2) is 0 Å². The van der Waals surface area contributed by atoms with Gasteiger partial charge >= 0.3 is 5.97 Å². The van der Waals surface area contributed by atoms with Gasteiger partial charge in [-0.15, -0.1) is 0 Å². The molecule has 1 aromatic carbocycles. The van der Waals surface area contributed by atoms with E-state index in [-0.39, 0.29) is 10.9 Å². The Morgan fingerprint density at radius 1 is 1.24 bits per heavy atom. The first-order chi connectivity index (χ1) is 9.51. The Hall–Kier alpha value is -1.44. The topological polar surface area (TPSA) is 86.7 Å². The standard InChI is InChI=1S/C14H22N2O4S/c1-10(2)15-14(3,13(17)18)11-6-8-12(9-7-11)21(19,20)16(4)5/h6-10,15H,1-5H3,(H,17,18). The Morgan fingerprint density at radius 2 is 1.71 bits per heavy atom. The van der Waals surface area contributed by atoms with Gasteiger partial charge in [0, 0.05) is 20.1 Å². The van der Waals surface area contributed by atoms with Gasteiger partial charge in [-0.05, 0) is 38.5 Å². The lowest BCUT2D eigenvalue weighted by Crippen LogP contribution is -2.49. The number of hydrogen-bond acceptors (Lipinski definition) is 4. The van der Waals surface area contributed by atoms with Crippen LogP contribution in [0.25, 0.3) is 0 Å². The number of benzene rings is 1. The molecule has 118 valence electrons. The molecule has 1 rings (SSSR count). The average molecular weight is 314 g/mol. The number of aliphatic carboxylic acids is 1. The number of carboxylic acids is 1. The molecule has 0 spiro atoms. The normalized spacial score (nSPS) is 15.2. The van der Waals surface area contributed by atoms with Crippen molar-refractivity contribution in [2.24, 2.45) is 0 Å². The summed E-state index contributed by atoms with van der Waals surface area (Å²) in [6.07, 6.45) is 0. The minimum atomic E-state index is -3.52. The van der Waals surface area contributed by atoms with E-state index in [2.05, 4.69) is 5.32 Å². The van der Waals surface area contributed by atoms with E-state index >= 15 is 0 Å². The molecule has 0 radical (unpaired) electrons. The maximum Gasteiger partial charge on any atom is 0.328 e. The minimum absolute atomic E-state index is 0.0312. The largest absolute Gasteiger partial charge is 0.480 e. The summed E-state index contributed by atoms with van der Waals surface area (Å²) in [5, 5.41) is 12.5. The Bertz CT molecular complexity index is 608. The highest BCUT2D eigenvalue weighted by molar-refractivity contribution is 7.89. The van der Waals surface area contributed by atoms with E-state index in [1.165, 1.54) is 38.4 Å². The zero-order valence-electron chi connectivity index (χ0n) is 12.9. The molecular formula is C14H22N2O4S. The van der Waals surface area contributed by atoms with Crippen LogP contribution < -0.4 is 5.32 Å². The van der Waals surface area contributed by atoms with Crippen LogP contribution in [0.5, 0.6) is 0 Å². The van der Waals surface area contributed by atoms with E-state index < -0.39 is 21.5 Å². The number of nitrogens with zero attached hydrogens (tertiary/aromatic N) is 1. The molecule has 0 amide bonds. The summed E-state index contributed by atoms with van der Waals surface area (Å²) < 4.78 is 25.1. The number of sulfonamides is 1. The Morgan fingerprint density at radius 3 is 2.05 bits per heavy atom. The van der Waals surface area contributed by atoms with E-state index in [1.54, 1.807) is 6.92 Å². The quantitative estimate of drug-likeness (QED) is 0.825. The summed E-state index contributed by atoms with van der Waals surface area (Å²) in [6.45, 7) is 5.27. The zero-order chi connectivity index (χ0) is 16.4. The predicted molar refractivity (Wildman–Crippen MR) is 80.6 cm³/mol. The Balaban J connectivity index is 3.25. The summed E-state index contributed by atoms with van der Waals surface area (Å²) >= 11 is 0. The molecule has 0 aliphatic carbocycles. The molecule has 0 fully saturated rings. The summed E-state index contributed by atoms with van der Waals surface area (Å²) in [7, 11) is -0.618. The van der Waals surface area contributed by atoms with Crippen molar-refractivity contribution < 1.29 is 18.3 Å². The van der Waals surface area contributed by atoms with Crippen molar-refractivity contribution in [3.8, 4) is 0 Å². The van der Waals surface area contributed by atoms with E-state index in [0.717, 1.165) is 4.31 Å². The summed E-state index contributed by atoms with van der Waals surface area (Å²) in [4.78, 5) is 11.7. The van der Waals surface area contributed by atoms with E-state index in [4.69, 9.17) is 0 Å². The van der Waals surface area contributed by atoms with E-state index in [9.17, 15) is 18.3 Å². The second-order valence-electron chi connectivity index (χ2n) is 5.54. The highest BCUT2D eigenvalue weighted by Crippen LogP contribution is 2.24. The lowest BCUT2D eigenvalue weighted by atomic mass is 9.91. The Kier molecular flexibility index (Phi) is 5.14. The minimum Gasteiger partial charge on any atom is -0.480 e. The third-order valence-corrected chi connectivity index (χ3v) is 5.04. The van der Waals surface area contributed by atoms with Crippen LogP contribution in [0.3, 0.4) is 0 Å². The molecule has 2 N–H and O–H groups in total. The van der Waals surface area contributed by atoms with Gasteiger partial charge in [0.1, 0.15) is 5.54 Å². The fraction of sp³-hybridized carbons (Fsp3) is 0.500. The molecule has 0 aromatic heterocycles. The first-order valence-electron chi connectivity index (χ1n) is 6.56. The van der Waals surface area contributed by atoms with Crippen LogP contribution in [-0.4, -0.2) is 43.9 Å². The molecule has 1 aromatic rings. The third kappa shape index (κ3) is 3.61. The van der Waals surface area contributed by atoms with Gasteiger partial charge in [0.2, 0.25) is 10.0 Å². The molecular weight excluding hydrogens is 292 g/mol. The molecule has 0 saturated heterocycles. The summed E-state index contributed by atoms with van der Waals surface area (Å²) in [5.41, 5.74) is -0.768. The van der Waals surface area contributed by atoms with Gasteiger partial charge in [-0.1, -0.05) is 12.1 Å². The lowest BCUT2D eigenvalue weighted by Gasteiger charge is -2.29. The van der Waals surface area contributed by atoms with E-state index in [1.807, 2.05) is 13.8 Å². The van der Waals surface area contributed by atoms with Crippen LogP contribution in [0.4, 0.5) is 0 Å². The van der Waals surface area contributed by atoms with Gasteiger partial charge < -0.3 is 5.11 Å². The number of rotatable bonds is 6. The molecule has 0 bridgehead atoms. The van der Waals surface area contributed by atoms with Crippen LogP contribution in [0.1, 0.15) is 26.3 Å². The number of carbonyl (C=O) groups is 1. The first-order valence-corrected chi connectivity index (χ1v) is 8.00. The molecule has 0 aliphatic heterocycles. The van der Waals surface area contributed by atoms with Crippen LogP contribution in [-0.2, 0) is 20.4 Å². The average Bonchev–Trinajstić information content (AvgIpc) is 2.37. The molecule has 7 heteroatoms. The molecule has 0 saturated carbocycles. The maximum absolute atomic E-state index is 12.0.